The first-order valence-electron chi connectivity index (χ1n) is 8.29. The van der Waals surface area contributed by atoms with Crippen molar-refractivity contribution in [3.8, 4) is 11.1 Å². The molecule has 0 unspecified atom stereocenters. The van der Waals surface area contributed by atoms with Crippen LogP contribution in [0.5, 0.6) is 0 Å². The largest absolute Gasteiger partial charge is 0.466 e. The van der Waals surface area contributed by atoms with Gasteiger partial charge in [-0.05, 0) is 40.1 Å². The van der Waals surface area contributed by atoms with Gasteiger partial charge in [0.2, 0.25) is 0 Å². The minimum atomic E-state index is -0.605. The number of amidine groups is 1. The van der Waals surface area contributed by atoms with E-state index in [1.165, 1.54) is 7.11 Å². The quantitative estimate of drug-likeness (QED) is 0.351. The molecule has 1 amide bonds. The van der Waals surface area contributed by atoms with E-state index < -0.39 is 11.9 Å². The fraction of sp³-hybridized carbons (Fsp3) is 0.100. The lowest BCUT2D eigenvalue weighted by Gasteiger charge is -2.04. The van der Waals surface area contributed by atoms with Crippen molar-refractivity contribution in [1.82, 2.24) is 5.32 Å². The number of hydrogen-bond donors (Lipinski definition) is 2. The molecule has 1 heterocycles. The second-order valence-corrected chi connectivity index (χ2v) is 6.75. The molecule has 1 aliphatic rings. The summed E-state index contributed by atoms with van der Waals surface area (Å²) in [5, 5.41) is 19.9. The number of benzene rings is 2. The van der Waals surface area contributed by atoms with Gasteiger partial charge >= 0.3 is 5.97 Å². The van der Waals surface area contributed by atoms with Crippen molar-refractivity contribution >= 4 is 35.0 Å². The van der Waals surface area contributed by atoms with E-state index in [-0.39, 0.29) is 16.7 Å². The molecule has 142 valence electrons. The molecular weight excluding hydrogens is 378 g/mol. The third-order valence-electron chi connectivity index (χ3n) is 3.81. The average molecular weight is 395 g/mol. The molecule has 0 radical (unpaired) electrons. The minimum Gasteiger partial charge on any atom is -0.466 e. The Kier molecular flexibility index (Phi) is 6.36. The summed E-state index contributed by atoms with van der Waals surface area (Å²) in [6.45, 7) is 0.0123. The predicted octanol–water partition coefficient (Wildman–Crippen LogP) is 2.46. The minimum absolute atomic E-state index is 0.0123. The Morgan fingerprint density at radius 3 is 2.71 bits per heavy atom. The number of methoxy groups -OCH3 is 1. The van der Waals surface area contributed by atoms with Gasteiger partial charge in [0.05, 0.1) is 24.8 Å². The fourth-order valence-electron chi connectivity index (χ4n) is 2.39. The van der Waals surface area contributed by atoms with Crippen LogP contribution in [0.15, 0.2) is 69.7 Å². The van der Waals surface area contributed by atoms with Crippen LogP contribution in [0.4, 0.5) is 0 Å². The number of nitrogens with one attached hydrogen (secondary N) is 1. The van der Waals surface area contributed by atoms with Crippen molar-refractivity contribution in [2.45, 2.75) is 6.61 Å². The fourth-order valence-corrected chi connectivity index (χ4v) is 3.13. The van der Waals surface area contributed by atoms with Crippen molar-refractivity contribution in [1.29, 1.82) is 0 Å². The predicted molar refractivity (Wildman–Crippen MR) is 109 cm³/mol. The number of amides is 1. The van der Waals surface area contributed by atoms with Gasteiger partial charge in [-0.1, -0.05) is 42.5 Å². The Balaban J connectivity index is 1.71. The van der Waals surface area contributed by atoms with Crippen molar-refractivity contribution in [2.24, 2.45) is 10.2 Å². The van der Waals surface area contributed by atoms with Gasteiger partial charge in [-0.2, -0.15) is 5.10 Å². The zero-order chi connectivity index (χ0) is 19.9. The van der Waals surface area contributed by atoms with Gasteiger partial charge in [-0.3, -0.25) is 10.1 Å². The molecule has 0 aromatic heterocycles. The molecule has 0 atom stereocenters. The maximum Gasteiger partial charge on any atom is 0.331 e. The third-order valence-corrected chi connectivity index (χ3v) is 4.71. The van der Waals surface area contributed by atoms with Crippen molar-refractivity contribution in [3.05, 3.63) is 70.6 Å². The van der Waals surface area contributed by atoms with E-state index in [1.807, 2.05) is 48.5 Å². The first-order chi connectivity index (χ1) is 13.6. The molecule has 3 rings (SSSR count). The van der Waals surface area contributed by atoms with Crippen LogP contribution in [0.2, 0.25) is 0 Å². The number of thioether (sulfide) groups is 1. The highest BCUT2D eigenvalue weighted by molar-refractivity contribution is 8.18. The lowest BCUT2D eigenvalue weighted by Crippen LogP contribution is -2.19. The first-order valence-corrected chi connectivity index (χ1v) is 9.11. The molecule has 0 spiro atoms. The van der Waals surface area contributed by atoms with Crippen LogP contribution in [0.3, 0.4) is 0 Å². The number of carbonyl (C=O) groups excluding carboxylic acids is 2. The van der Waals surface area contributed by atoms with Crippen LogP contribution in [-0.4, -0.2) is 35.5 Å². The highest BCUT2D eigenvalue weighted by Gasteiger charge is 2.24. The van der Waals surface area contributed by atoms with E-state index in [4.69, 9.17) is 5.11 Å². The van der Waals surface area contributed by atoms with Gasteiger partial charge in [0.15, 0.2) is 5.17 Å². The maximum absolute atomic E-state index is 11.8. The van der Waals surface area contributed by atoms with Crippen LogP contribution in [-0.2, 0) is 20.9 Å². The Morgan fingerprint density at radius 2 is 2.00 bits per heavy atom. The van der Waals surface area contributed by atoms with E-state index in [0.717, 1.165) is 40.1 Å². The van der Waals surface area contributed by atoms with Crippen molar-refractivity contribution in [2.75, 3.05) is 7.11 Å². The van der Waals surface area contributed by atoms with Gasteiger partial charge in [0.25, 0.3) is 5.91 Å². The number of nitrogens with zero attached hydrogens (tertiary/aromatic N) is 2. The second kappa shape index (κ2) is 9.12. The zero-order valence-electron chi connectivity index (χ0n) is 15.0. The number of ether oxygens (including phenoxy) is 1. The lowest BCUT2D eigenvalue weighted by molar-refractivity contribution is -0.135. The molecule has 2 aromatic rings. The standard InChI is InChI=1S/C20H17N3O4S/c1-27-18(25)10-17-19(26)22-20(28-17)23-21-11-14-3-2-4-16(9-14)15-7-5-13(12-24)6-8-15/h2-11,24H,12H2,1H3,(H,22,23,26)/b17-10+,21-11?. The molecule has 7 nitrogen and oxygen atoms in total. The second-order valence-electron chi connectivity index (χ2n) is 5.72. The summed E-state index contributed by atoms with van der Waals surface area (Å²) in [4.78, 5) is 23.2. The summed E-state index contributed by atoms with van der Waals surface area (Å²) in [7, 11) is 1.24. The molecule has 2 N–H and O–H groups in total. The molecule has 0 bridgehead atoms. The van der Waals surface area contributed by atoms with Crippen LogP contribution in [0, 0.1) is 0 Å². The van der Waals surface area contributed by atoms with Gasteiger partial charge in [-0.25, -0.2) is 4.79 Å². The molecule has 8 heteroatoms. The Bertz CT molecular complexity index is 981. The molecule has 1 aliphatic heterocycles. The van der Waals surface area contributed by atoms with Crippen LogP contribution in [0.25, 0.3) is 11.1 Å². The number of esters is 1. The summed E-state index contributed by atoms with van der Waals surface area (Å²) < 4.78 is 4.50. The average Bonchev–Trinajstić information content (AvgIpc) is 3.07. The smallest absolute Gasteiger partial charge is 0.331 e. The van der Waals surface area contributed by atoms with Gasteiger partial charge in [-0.15, -0.1) is 5.10 Å². The molecule has 0 saturated carbocycles. The molecule has 1 fully saturated rings. The van der Waals surface area contributed by atoms with Crippen LogP contribution >= 0.6 is 11.8 Å². The van der Waals surface area contributed by atoms with Gasteiger partial charge in [0.1, 0.15) is 0 Å². The summed E-state index contributed by atoms with van der Waals surface area (Å²) in [5.74, 6) is -1.02. The molecule has 2 aromatic carbocycles. The SMILES string of the molecule is COC(=O)/C=C1/S/C(=N\N=Cc2cccc(-c3ccc(CO)cc3)c2)NC1=O. The highest BCUT2D eigenvalue weighted by Crippen LogP contribution is 2.24. The number of rotatable bonds is 5. The lowest BCUT2D eigenvalue weighted by atomic mass is 10.0. The van der Waals surface area contributed by atoms with Crippen LogP contribution < -0.4 is 5.32 Å². The number of aliphatic hydroxyl groups is 1. The van der Waals surface area contributed by atoms with Crippen molar-refractivity contribution < 1.29 is 19.4 Å². The molecule has 0 aliphatic carbocycles. The van der Waals surface area contributed by atoms with E-state index in [2.05, 4.69) is 20.3 Å². The summed E-state index contributed by atoms with van der Waals surface area (Å²) in [6.07, 6.45) is 2.69. The molecule has 1 saturated heterocycles. The van der Waals surface area contributed by atoms with Gasteiger partial charge < -0.3 is 9.84 Å². The highest BCUT2D eigenvalue weighted by atomic mass is 32.2. The van der Waals surface area contributed by atoms with Gasteiger partial charge in [0, 0.05) is 6.08 Å². The van der Waals surface area contributed by atoms with E-state index >= 15 is 0 Å². The zero-order valence-corrected chi connectivity index (χ0v) is 15.8. The van der Waals surface area contributed by atoms with Crippen LogP contribution in [0.1, 0.15) is 11.1 Å². The monoisotopic (exact) mass is 395 g/mol. The molecular formula is C20H17N3O4S. The van der Waals surface area contributed by atoms with E-state index in [0.29, 0.717) is 0 Å². The number of aliphatic hydroxyl groups excluding tert-OH is 1. The Hall–Kier alpha value is -3.23. The maximum atomic E-state index is 11.8. The number of hydrogen-bond acceptors (Lipinski definition) is 7. The first kappa shape index (κ1) is 19.5. The molecule has 28 heavy (non-hydrogen) atoms. The summed E-state index contributed by atoms with van der Waals surface area (Å²) >= 11 is 1.02. The van der Waals surface area contributed by atoms with E-state index in [1.54, 1.807) is 6.21 Å². The summed E-state index contributed by atoms with van der Waals surface area (Å²) in [5.41, 5.74) is 3.73. The topological polar surface area (TPSA) is 100 Å². The van der Waals surface area contributed by atoms with Crippen molar-refractivity contribution in [3.63, 3.8) is 0 Å². The summed E-state index contributed by atoms with van der Waals surface area (Å²) in [6, 6.07) is 15.4. The normalized spacial score (nSPS) is 16.7. The Morgan fingerprint density at radius 1 is 1.21 bits per heavy atom. The third kappa shape index (κ3) is 4.93. The Labute approximate surface area is 165 Å². The number of carbonyl (C=O) groups is 2. The van der Waals surface area contributed by atoms with E-state index in [9.17, 15) is 9.59 Å².